The summed E-state index contributed by atoms with van der Waals surface area (Å²) in [6, 6.07) is 10.3. The van der Waals surface area contributed by atoms with Crippen molar-refractivity contribution in [3.63, 3.8) is 0 Å². The van der Waals surface area contributed by atoms with Crippen LogP contribution in [0.25, 0.3) is 15.8 Å². The molecule has 0 amide bonds. The van der Waals surface area contributed by atoms with Crippen molar-refractivity contribution in [1.82, 2.24) is 14.9 Å². The lowest BCUT2D eigenvalue weighted by atomic mass is 9.96. The number of hydrogen-bond acceptors (Lipinski definition) is 7. The van der Waals surface area contributed by atoms with E-state index in [1.807, 2.05) is 43.6 Å². The topological polar surface area (TPSA) is 74.1 Å². The smallest absolute Gasteiger partial charge is 0.184 e. The summed E-state index contributed by atoms with van der Waals surface area (Å²) < 4.78 is 7.26. The van der Waals surface area contributed by atoms with Gasteiger partial charge < -0.3 is 20.4 Å². The largest absolute Gasteiger partial charge is 0.457 e. The van der Waals surface area contributed by atoms with Gasteiger partial charge in [-0.15, -0.1) is 0 Å². The van der Waals surface area contributed by atoms with Crippen LogP contribution in [0.1, 0.15) is 51.6 Å². The zero-order valence-corrected chi connectivity index (χ0v) is 20.5. The van der Waals surface area contributed by atoms with Gasteiger partial charge in [0.2, 0.25) is 0 Å². The molecule has 1 aliphatic rings. The molecule has 1 saturated carbocycles. The quantitative estimate of drug-likeness (QED) is 0.341. The summed E-state index contributed by atoms with van der Waals surface area (Å²) in [4.78, 5) is 11.3. The lowest BCUT2D eigenvalue weighted by molar-refractivity contribution is 0.391. The van der Waals surface area contributed by atoms with Gasteiger partial charge in [-0.25, -0.2) is 4.98 Å². The number of allylic oxidation sites excluding steroid dienone is 1. The number of anilines is 1. The predicted octanol–water partition coefficient (Wildman–Crippen LogP) is 6.81. The van der Waals surface area contributed by atoms with E-state index in [1.54, 1.807) is 17.5 Å². The fourth-order valence-electron chi connectivity index (χ4n) is 4.26. The van der Waals surface area contributed by atoms with Crippen molar-refractivity contribution >= 4 is 38.5 Å². The third kappa shape index (κ3) is 6.32. The fourth-order valence-corrected chi connectivity index (χ4v) is 5.23. The summed E-state index contributed by atoms with van der Waals surface area (Å²) >= 11 is 1.68. The number of nitrogens with zero attached hydrogens (tertiary/aromatic N) is 3. The van der Waals surface area contributed by atoms with Crippen LogP contribution in [-0.2, 0) is 0 Å². The van der Waals surface area contributed by atoms with E-state index in [4.69, 9.17) is 15.1 Å². The highest BCUT2D eigenvalue weighted by Crippen LogP contribution is 2.33. The first kappa shape index (κ1) is 23.2. The molecule has 0 spiro atoms. The Kier molecular flexibility index (Phi) is 7.60. The first-order valence-electron chi connectivity index (χ1n) is 11.7. The molecule has 33 heavy (non-hydrogen) atoms. The van der Waals surface area contributed by atoms with Crippen molar-refractivity contribution < 1.29 is 4.74 Å². The second-order valence-corrected chi connectivity index (χ2v) is 10.2. The van der Waals surface area contributed by atoms with E-state index >= 15 is 0 Å². The Bertz CT molecular complexity index is 1120. The van der Waals surface area contributed by atoms with Gasteiger partial charge in [-0.3, -0.25) is 4.98 Å². The second kappa shape index (κ2) is 10.8. The minimum Gasteiger partial charge on any atom is -0.457 e. The highest BCUT2D eigenvalue weighted by Gasteiger charge is 2.15. The van der Waals surface area contributed by atoms with E-state index in [0.717, 1.165) is 38.9 Å². The monoisotopic (exact) mass is 463 g/mol. The van der Waals surface area contributed by atoms with Gasteiger partial charge in [-0.05, 0) is 37.0 Å². The van der Waals surface area contributed by atoms with Crippen molar-refractivity contribution in [2.24, 2.45) is 5.92 Å². The molecule has 7 heteroatoms. The van der Waals surface area contributed by atoms with Gasteiger partial charge in [-0.2, -0.15) is 0 Å². The Morgan fingerprint density at radius 3 is 2.76 bits per heavy atom. The molecule has 0 bridgehead atoms. The molecule has 174 valence electrons. The third-order valence-electron chi connectivity index (χ3n) is 5.72. The van der Waals surface area contributed by atoms with Gasteiger partial charge >= 0.3 is 0 Å². The zero-order chi connectivity index (χ0) is 23.2. The summed E-state index contributed by atoms with van der Waals surface area (Å²) in [5.74, 6) is 2.01. The molecule has 6 nitrogen and oxygen atoms in total. The molecular weight excluding hydrogens is 430 g/mol. The molecule has 0 radical (unpaired) electrons. The zero-order valence-electron chi connectivity index (χ0n) is 19.7. The van der Waals surface area contributed by atoms with E-state index in [-0.39, 0.29) is 0 Å². The van der Waals surface area contributed by atoms with E-state index in [0.29, 0.717) is 17.7 Å². The second-order valence-electron chi connectivity index (χ2n) is 9.17. The Morgan fingerprint density at radius 2 is 2.00 bits per heavy atom. The fraction of sp³-hybridized carbons (Fsp3) is 0.423. The molecule has 0 saturated heterocycles. The van der Waals surface area contributed by atoms with Crippen molar-refractivity contribution in [1.29, 1.82) is 5.41 Å². The molecule has 2 aromatic heterocycles. The Labute approximate surface area is 200 Å². The van der Waals surface area contributed by atoms with Gasteiger partial charge in [0.05, 0.1) is 15.9 Å². The number of rotatable bonds is 9. The Morgan fingerprint density at radius 1 is 1.21 bits per heavy atom. The normalized spacial score (nSPS) is 15.1. The Balaban J connectivity index is 1.48. The maximum atomic E-state index is 7.84. The molecular formula is C26H33N5OS. The van der Waals surface area contributed by atoms with Crippen molar-refractivity contribution in [2.75, 3.05) is 18.9 Å². The number of ether oxygens (including phenoxy) is 1. The molecule has 0 atom stereocenters. The summed E-state index contributed by atoms with van der Waals surface area (Å²) in [7, 11) is 2.02. The van der Waals surface area contributed by atoms with Crippen molar-refractivity contribution in [2.45, 2.75) is 52.0 Å². The first-order valence-corrected chi connectivity index (χ1v) is 12.6. The van der Waals surface area contributed by atoms with Crippen LogP contribution < -0.4 is 10.1 Å². The van der Waals surface area contributed by atoms with Gasteiger partial charge in [0.25, 0.3) is 0 Å². The molecule has 1 fully saturated rings. The van der Waals surface area contributed by atoms with Crippen LogP contribution in [-0.4, -0.2) is 40.7 Å². The minimum atomic E-state index is 0.543. The highest BCUT2D eigenvalue weighted by atomic mass is 32.1. The molecule has 1 aromatic carbocycles. The van der Waals surface area contributed by atoms with Crippen LogP contribution in [0, 0.1) is 11.3 Å². The average molecular weight is 464 g/mol. The number of nitrogens with one attached hydrogen (secondary N) is 2. The molecule has 3 aromatic rings. The maximum absolute atomic E-state index is 7.84. The van der Waals surface area contributed by atoms with Crippen LogP contribution in [0.5, 0.6) is 11.5 Å². The number of fused-ring (bicyclic) bond motifs is 1. The van der Waals surface area contributed by atoms with Gasteiger partial charge in [0.1, 0.15) is 11.5 Å². The van der Waals surface area contributed by atoms with Crippen LogP contribution >= 0.6 is 11.3 Å². The summed E-state index contributed by atoms with van der Waals surface area (Å²) in [5, 5.41) is 12.4. The summed E-state index contributed by atoms with van der Waals surface area (Å²) in [5.41, 5.74) is 2.46. The summed E-state index contributed by atoms with van der Waals surface area (Å²) in [6.07, 6.45) is 11.4. The molecule has 4 rings (SSSR count). The molecule has 1 aliphatic carbocycles. The van der Waals surface area contributed by atoms with Crippen LogP contribution in [0.4, 0.5) is 5.13 Å². The number of pyridine rings is 1. The standard InChI is InChI=1S/C26H33N5OS/c1-18(2)16-31(3)17-19(15-27)24-13-22(11-12-28-24)32-21-9-10-23-25(14-21)33-26(30-23)29-20-7-5-4-6-8-20/h9-15,17-18,20,27H,4-8,16H2,1-3H3,(H,29,30)/b19-17+,27-15?. The molecule has 2 heterocycles. The van der Waals surface area contributed by atoms with E-state index in [9.17, 15) is 0 Å². The number of hydrogen-bond donors (Lipinski definition) is 2. The van der Waals surface area contributed by atoms with Gasteiger partial charge in [-0.1, -0.05) is 44.4 Å². The maximum Gasteiger partial charge on any atom is 0.184 e. The van der Waals surface area contributed by atoms with E-state index in [2.05, 4.69) is 29.0 Å². The lowest BCUT2D eigenvalue weighted by Gasteiger charge is -2.22. The van der Waals surface area contributed by atoms with Gasteiger partial charge in [0.15, 0.2) is 5.13 Å². The average Bonchev–Trinajstić information content (AvgIpc) is 3.19. The van der Waals surface area contributed by atoms with Crippen LogP contribution in [0.2, 0.25) is 0 Å². The molecule has 0 aliphatic heterocycles. The van der Waals surface area contributed by atoms with E-state index in [1.165, 1.54) is 38.3 Å². The lowest BCUT2D eigenvalue weighted by Crippen LogP contribution is -2.21. The van der Waals surface area contributed by atoms with Crippen LogP contribution in [0.15, 0.2) is 42.7 Å². The van der Waals surface area contributed by atoms with Crippen LogP contribution in [0.3, 0.4) is 0 Å². The minimum absolute atomic E-state index is 0.543. The summed E-state index contributed by atoms with van der Waals surface area (Å²) in [6.45, 7) is 5.27. The predicted molar refractivity (Wildman–Crippen MR) is 139 cm³/mol. The molecule has 2 N–H and O–H groups in total. The first-order chi connectivity index (χ1) is 16.0. The number of aromatic nitrogens is 2. The number of thiazole rings is 1. The third-order valence-corrected chi connectivity index (χ3v) is 6.67. The number of benzene rings is 1. The molecule has 0 unspecified atom stereocenters. The van der Waals surface area contributed by atoms with Crippen molar-refractivity contribution in [3.05, 3.63) is 48.4 Å². The van der Waals surface area contributed by atoms with E-state index < -0.39 is 0 Å². The highest BCUT2D eigenvalue weighted by molar-refractivity contribution is 7.22. The SMILES string of the molecule is CC(C)CN(C)/C=C(\C=N)c1cc(Oc2ccc3nc(NC4CCCCC4)sc3c2)ccn1. The van der Waals surface area contributed by atoms with Gasteiger partial charge in [0, 0.05) is 56.0 Å². The van der Waals surface area contributed by atoms with Crippen molar-refractivity contribution in [3.8, 4) is 11.5 Å². The Hall–Kier alpha value is -2.93.